The zero-order chi connectivity index (χ0) is 13.3. The van der Waals surface area contributed by atoms with E-state index in [0.29, 0.717) is 19.4 Å². The van der Waals surface area contributed by atoms with Gasteiger partial charge in [0.05, 0.1) is 6.04 Å². The lowest BCUT2D eigenvalue weighted by molar-refractivity contribution is -0.123. The smallest absolute Gasteiger partial charge is 0.237 e. The topological polar surface area (TPSA) is 84.6 Å². The lowest BCUT2D eigenvalue weighted by Gasteiger charge is -2.23. The average Bonchev–Trinajstić information content (AvgIpc) is 2.28. The number of carbonyl (C=O) groups is 1. The molecule has 0 saturated heterocycles. The summed E-state index contributed by atoms with van der Waals surface area (Å²) in [6.07, 6.45) is 1.95. The zero-order valence-corrected chi connectivity index (χ0v) is 11.1. The third-order valence-corrected chi connectivity index (χ3v) is 2.77. The highest BCUT2D eigenvalue weighted by Crippen LogP contribution is 2.06. The molecule has 0 rings (SSSR count). The van der Waals surface area contributed by atoms with Crippen molar-refractivity contribution in [2.45, 2.75) is 45.2 Å². The van der Waals surface area contributed by atoms with Gasteiger partial charge in [0.2, 0.25) is 5.91 Å². The van der Waals surface area contributed by atoms with Crippen molar-refractivity contribution in [2.75, 3.05) is 20.3 Å². The highest BCUT2D eigenvalue weighted by Gasteiger charge is 2.19. The SMILES string of the molecule is COCCCC(N)C(=O)NC(CCO)C(C)C. The molecule has 0 aliphatic carbocycles. The summed E-state index contributed by atoms with van der Waals surface area (Å²) in [5, 5.41) is 11.8. The number of amides is 1. The molecule has 0 bridgehead atoms. The van der Waals surface area contributed by atoms with E-state index < -0.39 is 6.04 Å². The van der Waals surface area contributed by atoms with Crippen LogP contribution in [0.4, 0.5) is 0 Å². The Balaban J connectivity index is 4.02. The number of nitrogens with one attached hydrogen (secondary N) is 1. The van der Waals surface area contributed by atoms with Gasteiger partial charge in [0.15, 0.2) is 0 Å². The molecule has 0 aliphatic rings. The lowest BCUT2D eigenvalue weighted by Crippen LogP contribution is -2.47. The zero-order valence-electron chi connectivity index (χ0n) is 11.1. The van der Waals surface area contributed by atoms with Crippen LogP contribution in [0, 0.1) is 5.92 Å². The van der Waals surface area contributed by atoms with Gasteiger partial charge in [0, 0.05) is 26.4 Å². The van der Waals surface area contributed by atoms with Crippen LogP contribution in [0.25, 0.3) is 0 Å². The fourth-order valence-electron chi connectivity index (χ4n) is 1.58. The Labute approximate surface area is 104 Å². The summed E-state index contributed by atoms with van der Waals surface area (Å²) < 4.78 is 4.91. The number of carbonyl (C=O) groups excluding carboxylic acids is 1. The normalized spacial score (nSPS) is 14.7. The molecule has 0 saturated carbocycles. The molecule has 4 N–H and O–H groups in total. The van der Waals surface area contributed by atoms with Gasteiger partial charge in [-0.25, -0.2) is 0 Å². The molecule has 102 valence electrons. The van der Waals surface area contributed by atoms with Gasteiger partial charge in [-0.3, -0.25) is 4.79 Å². The van der Waals surface area contributed by atoms with Crippen molar-refractivity contribution in [3.8, 4) is 0 Å². The van der Waals surface area contributed by atoms with E-state index in [0.717, 1.165) is 6.42 Å². The summed E-state index contributed by atoms with van der Waals surface area (Å²) in [5.41, 5.74) is 5.77. The molecule has 2 unspecified atom stereocenters. The molecule has 0 aromatic heterocycles. The maximum atomic E-state index is 11.8. The summed E-state index contributed by atoms with van der Waals surface area (Å²) in [7, 11) is 1.63. The van der Waals surface area contributed by atoms with E-state index in [9.17, 15) is 4.79 Å². The molecule has 0 aliphatic heterocycles. The Kier molecular flexibility index (Phi) is 9.03. The molecule has 0 aromatic carbocycles. The number of hydrogen-bond acceptors (Lipinski definition) is 4. The van der Waals surface area contributed by atoms with E-state index in [4.69, 9.17) is 15.6 Å². The first-order valence-electron chi connectivity index (χ1n) is 6.18. The third-order valence-electron chi connectivity index (χ3n) is 2.77. The predicted octanol–water partition coefficient (Wildman–Crippen LogP) is 0.264. The molecule has 0 radical (unpaired) electrons. The number of nitrogens with two attached hydrogens (primary N) is 1. The maximum Gasteiger partial charge on any atom is 0.237 e. The highest BCUT2D eigenvalue weighted by molar-refractivity contribution is 5.81. The Morgan fingerprint density at radius 3 is 2.53 bits per heavy atom. The molecule has 0 spiro atoms. The van der Waals surface area contributed by atoms with Crippen LogP contribution in [0.3, 0.4) is 0 Å². The number of ether oxygens (including phenoxy) is 1. The first-order chi connectivity index (χ1) is 8.02. The summed E-state index contributed by atoms with van der Waals surface area (Å²) in [4.78, 5) is 11.8. The number of rotatable bonds is 9. The van der Waals surface area contributed by atoms with E-state index in [1.165, 1.54) is 0 Å². The van der Waals surface area contributed by atoms with Gasteiger partial charge in [-0.2, -0.15) is 0 Å². The molecule has 0 fully saturated rings. The van der Waals surface area contributed by atoms with Crippen LogP contribution in [0.5, 0.6) is 0 Å². The van der Waals surface area contributed by atoms with Gasteiger partial charge in [0.1, 0.15) is 0 Å². The third kappa shape index (κ3) is 7.31. The van der Waals surface area contributed by atoms with Gasteiger partial charge in [-0.05, 0) is 25.2 Å². The van der Waals surface area contributed by atoms with Crippen LogP contribution in [-0.2, 0) is 9.53 Å². The van der Waals surface area contributed by atoms with E-state index in [1.807, 2.05) is 13.8 Å². The molecule has 5 nitrogen and oxygen atoms in total. The first-order valence-corrected chi connectivity index (χ1v) is 6.18. The van der Waals surface area contributed by atoms with Crippen molar-refractivity contribution in [3.05, 3.63) is 0 Å². The second-order valence-corrected chi connectivity index (χ2v) is 4.61. The van der Waals surface area contributed by atoms with Crippen molar-refractivity contribution >= 4 is 5.91 Å². The second kappa shape index (κ2) is 9.39. The summed E-state index contributed by atoms with van der Waals surface area (Å²) >= 11 is 0. The standard InChI is InChI=1S/C12H26N2O3/c1-9(2)11(6-7-15)14-12(16)10(13)5-4-8-17-3/h9-11,15H,4-8,13H2,1-3H3,(H,14,16). The Bertz CT molecular complexity index is 210. The van der Waals surface area contributed by atoms with Crippen LogP contribution >= 0.6 is 0 Å². The molecule has 0 aromatic rings. The van der Waals surface area contributed by atoms with Gasteiger partial charge < -0.3 is 20.9 Å². The Hall–Kier alpha value is -0.650. The van der Waals surface area contributed by atoms with Crippen molar-refractivity contribution in [2.24, 2.45) is 11.7 Å². The van der Waals surface area contributed by atoms with E-state index in [1.54, 1.807) is 7.11 Å². The summed E-state index contributed by atoms with van der Waals surface area (Å²) in [6, 6.07) is -0.508. The fourth-order valence-corrected chi connectivity index (χ4v) is 1.58. The molecule has 0 heterocycles. The largest absolute Gasteiger partial charge is 0.396 e. The summed E-state index contributed by atoms with van der Waals surface area (Å²) in [5.74, 6) is 0.144. The van der Waals surface area contributed by atoms with Gasteiger partial charge in [0.25, 0.3) is 0 Å². The van der Waals surface area contributed by atoms with Crippen molar-refractivity contribution in [1.82, 2.24) is 5.32 Å². The van der Waals surface area contributed by atoms with Crippen molar-refractivity contribution in [1.29, 1.82) is 0 Å². The first kappa shape index (κ1) is 16.4. The van der Waals surface area contributed by atoms with Crippen LogP contribution in [-0.4, -0.2) is 43.4 Å². The van der Waals surface area contributed by atoms with E-state index in [2.05, 4.69) is 5.32 Å². The van der Waals surface area contributed by atoms with Gasteiger partial charge >= 0.3 is 0 Å². The molecule has 17 heavy (non-hydrogen) atoms. The monoisotopic (exact) mass is 246 g/mol. The minimum atomic E-state index is -0.495. The van der Waals surface area contributed by atoms with Crippen LogP contribution in [0.2, 0.25) is 0 Å². The molecule has 5 heteroatoms. The maximum absolute atomic E-state index is 11.8. The number of aliphatic hydroxyl groups is 1. The second-order valence-electron chi connectivity index (χ2n) is 4.61. The van der Waals surface area contributed by atoms with Crippen molar-refractivity contribution in [3.63, 3.8) is 0 Å². The van der Waals surface area contributed by atoms with E-state index >= 15 is 0 Å². The fraction of sp³-hybridized carbons (Fsp3) is 0.917. The number of hydrogen-bond donors (Lipinski definition) is 3. The predicted molar refractivity (Wildman–Crippen MR) is 67.6 cm³/mol. The van der Waals surface area contributed by atoms with Gasteiger partial charge in [-0.1, -0.05) is 13.8 Å². The van der Waals surface area contributed by atoms with Crippen molar-refractivity contribution < 1.29 is 14.6 Å². The minimum absolute atomic E-state index is 0.0130. The lowest BCUT2D eigenvalue weighted by atomic mass is 10.0. The van der Waals surface area contributed by atoms with Gasteiger partial charge in [-0.15, -0.1) is 0 Å². The highest BCUT2D eigenvalue weighted by atomic mass is 16.5. The summed E-state index contributed by atoms with van der Waals surface area (Å²) in [6.45, 7) is 4.71. The van der Waals surface area contributed by atoms with Crippen LogP contribution in [0.1, 0.15) is 33.1 Å². The van der Waals surface area contributed by atoms with E-state index in [-0.39, 0.29) is 24.5 Å². The Morgan fingerprint density at radius 1 is 1.41 bits per heavy atom. The molecule has 1 amide bonds. The molecular weight excluding hydrogens is 220 g/mol. The number of methoxy groups -OCH3 is 1. The minimum Gasteiger partial charge on any atom is -0.396 e. The van der Waals surface area contributed by atoms with Crippen LogP contribution < -0.4 is 11.1 Å². The average molecular weight is 246 g/mol. The molecular formula is C12H26N2O3. The quantitative estimate of drug-likeness (QED) is 0.510. The molecule has 2 atom stereocenters. The number of aliphatic hydroxyl groups excluding tert-OH is 1. The van der Waals surface area contributed by atoms with Crippen LogP contribution in [0.15, 0.2) is 0 Å². The Morgan fingerprint density at radius 2 is 2.06 bits per heavy atom.